The van der Waals surface area contributed by atoms with E-state index >= 15 is 0 Å². The topological polar surface area (TPSA) is 47.6 Å². The minimum atomic E-state index is -0.700. The molecular formula is C10H11Cl2NO3. The fourth-order valence-electron chi connectivity index (χ4n) is 1.04. The first-order valence-corrected chi connectivity index (χ1v) is 5.24. The Bertz CT molecular complexity index is 364. The molecule has 88 valence electrons. The molecule has 1 aromatic rings. The molecule has 0 aliphatic rings. The van der Waals surface area contributed by atoms with Gasteiger partial charge in [-0.15, -0.1) is 0 Å². The van der Waals surface area contributed by atoms with E-state index in [9.17, 15) is 4.79 Å². The van der Waals surface area contributed by atoms with E-state index in [-0.39, 0.29) is 0 Å². The summed E-state index contributed by atoms with van der Waals surface area (Å²) >= 11 is 11.6. The zero-order valence-corrected chi connectivity index (χ0v) is 10.3. The minimum Gasteiger partial charge on any atom is -0.481 e. The molecule has 0 heterocycles. The van der Waals surface area contributed by atoms with Crippen LogP contribution in [0.1, 0.15) is 6.92 Å². The monoisotopic (exact) mass is 263 g/mol. The molecule has 1 aromatic carbocycles. The van der Waals surface area contributed by atoms with Gasteiger partial charge in [-0.1, -0.05) is 23.2 Å². The summed E-state index contributed by atoms with van der Waals surface area (Å²) in [6, 6.07) is 4.73. The van der Waals surface area contributed by atoms with Crippen LogP contribution in [0.15, 0.2) is 18.2 Å². The van der Waals surface area contributed by atoms with E-state index in [0.29, 0.717) is 15.8 Å². The average molecular weight is 264 g/mol. The Kier molecular flexibility index (Phi) is 4.86. The predicted octanol–water partition coefficient (Wildman–Crippen LogP) is 2.44. The SMILES string of the molecule is CONC(=O)[C@@H](C)Oc1cc(Cl)cc(Cl)c1. The van der Waals surface area contributed by atoms with Crippen LogP contribution in [0.2, 0.25) is 10.0 Å². The Morgan fingerprint density at radius 3 is 2.38 bits per heavy atom. The number of amides is 1. The van der Waals surface area contributed by atoms with Crippen molar-refractivity contribution in [2.45, 2.75) is 13.0 Å². The highest BCUT2D eigenvalue weighted by molar-refractivity contribution is 6.34. The van der Waals surface area contributed by atoms with Gasteiger partial charge in [-0.05, 0) is 25.1 Å². The Hall–Kier alpha value is -0.970. The van der Waals surface area contributed by atoms with Gasteiger partial charge in [-0.25, -0.2) is 5.48 Å². The summed E-state index contributed by atoms with van der Waals surface area (Å²) in [6.07, 6.45) is -0.700. The quantitative estimate of drug-likeness (QED) is 0.849. The molecule has 0 aliphatic heterocycles. The summed E-state index contributed by atoms with van der Waals surface area (Å²) in [5.41, 5.74) is 2.16. The van der Waals surface area contributed by atoms with Crippen molar-refractivity contribution in [1.82, 2.24) is 5.48 Å². The maximum absolute atomic E-state index is 11.3. The van der Waals surface area contributed by atoms with Crippen molar-refractivity contribution in [3.63, 3.8) is 0 Å². The van der Waals surface area contributed by atoms with Gasteiger partial charge in [0.1, 0.15) is 5.75 Å². The number of benzene rings is 1. The van der Waals surface area contributed by atoms with Crippen molar-refractivity contribution < 1.29 is 14.4 Å². The predicted molar refractivity (Wildman–Crippen MR) is 61.7 cm³/mol. The largest absolute Gasteiger partial charge is 0.481 e. The van der Waals surface area contributed by atoms with E-state index < -0.39 is 12.0 Å². The van der Waals surface area contributed by atoms with Crippen LogP contribution in [-0.4, -0.2) is 19.1 Å². The first kappa shape index (κ1) is 13.1. The number of rotatable bonds is 4. The molecule has 6 heteroatoms. The van der Waals surface area contributed by atoms with Gasteiger partial charge in [-0.2, -0.15) is 0 Å². The first-order chi connectivity index (χ1) is 7.52. The fourth-order valence-corrected chi connectivity index (χ4v) is 1.54. The molecule has 0 spiro atoms. The third-order valence-corrected chi connectivity index (χ3v) is 2.16. The van der Waals surface area contributed by atoms with Crippen LogP contribution in [0.3, 0.4) is 0 Å². The molecule has 0 unspecified atom stereocenters. The summed E-state index contributed by atoms with van der Waals surface area (Å²) in [5.74, 6) is 0.0369. The maximum atomic E-state index is 11.3. The van der Waals surface area contributed by atoms with Gasteiger partial charge in [0.2, 0.25) is 0 Å². The van der Waals surface area contributed by atoms with E-state index in [1.165, 1.54) is 7.11 Å². The molecule has 1 N–H and O–H groups in total. The van der Waals surface area contributed by atoms with Crippen LogP contribution in [0.5, 0.6) is 5.75 Å². The third kappa shape index (κ3) is 3.89. The van der Waals surface area contributed by atoms with Crippen molar-refractivity contribution in [2.75, 3.05) is 7.11 Å². The molecular weight excluding hydrogens is 253 g/mol. The Morgan fingerprint density at radius 1 is 1.31 bits per heavy atom. The van der Waals surface area contributed by atoms with Gasteiger partial charge >= 0.3 is 0 Å². The number of hydrogen-bond donors (Lipinski definition) is 1. The lowest BCUT2D eigenvalue weighted by Gasteiger charge is -2.13. The Labute approximate surface area is 103 Å². The summed E-state index contributed by atoms with van der Waals surface area (Å²) in [5, 5.41) is 0.892. The van der Waals surface area contributed by atoms with Gasteiger partial charge < -0.3 is 4.74 Å². The average Bonchev–Trinajstić information content (AvgIpc) is 2.16. The van der Waals surface area contributed by atoms with E-state index in [0.717, 1.165) is 0 Å². The highest BCUT2D eigenvalue weighted by atomic mass is 35.5. The molecule has 0 fully saturated rings. The zero-order chi connectivity index (χ0) is 12.1. The maximum Gasteiger partial charge on any atom is 0.284 e. The van der Waals surface area contributed by atoms with Gasteiger partial charge in [0.25, 0.3) is 5.91 Å². The second-order valence-corrected chi connectivity index (χ2v) is 3.91. The second kappa shape index (κ2) is 5.94. The molecule has 0 radical (unpaired) electrons. The highest BCUT2D eigenvalue weighted by Crippen LogP contribution is 2.24. The van der Waals surface area contributed by atoms with Crippen LogP contribution < -0.4 is 10.2 Å². The Balaban J connectivity index is 2.69. The van der Waals surface area contributed by atoms with E-state index in [4.69, 9.17) is 27.9 Å². The molecule has 1 atom stereocenters. The van der Waals surface area contributed by atoms with Crippen molar-refractivity contribution in [1.29, 1.82) is 0 Å². The van der Waals surface area contributed by atoms with E-state index in [1.54, 1.807) is 25.1 Å². The van der Waals surface area contributed by atoms with Crippen molar-refractivity contribution in [3.8, 4) is 5.75 Å². The van der Waals surface area contributed by atoms with Crippen molar-refractivity contribution >= 4 is 29.1 Å². The van der Waals surface area contributed by atoms with Gasteiger partial charge in [0, 0.05) is 10.0 Å². The molecule has 16 heavy (non-hydrogen) atoms. The summed E-state index contributed by atoms with van der Waals surface area (Å²) in [6.45, 7) is 1.59. The third-order valence-electron chi connectivity index (χ3n) is 1.72. The lowest BCUT2D eigenvalue weighted by molar-refractivity contribution is -0.137. The smallest absolute Gasteiger partial charge is 0.284 e. The summed E-state index contributed by atoms with van der Waals surface area (Å²) in [7, 11) is 1.35. The van der Waals surface area contributed by atoms with Crippen LogP contribution >= 0.6 is 23.2 Å². The zero-order valence-electron chi connectivity index (χ0n) is 8.79. The van der Waals surface area contributed by atoms with Crippen LogP contribution in [0.4, 0.5) is 0 Å². The van der Waals surface area contributed by atoms with E-state index in [1.807, 2.05) is 0 Å². The van der Waals surface area contributed by atoms with Crippen LogP contribution in [0, 0.1) is 0 Å². The van der Waals surface area contributed by atoms with Crippen molar-refractivity contribution in [2.24, 2.45) is 0 Å². The number of halogens is 2. The molecule has 0 saturated carbocycles. The number of carbonyl (C=O) groups excluding carboxylic acids is 1. The number of nitrogens with one attached hydrogen (secondary N) is 1. The van der Waals surface area contributed by atoms with E-state index in [2.05, 4.69) is 10.3 Å². The lowest BCUT2D eigenvalue weighted by Crippen LogP contribution is -2.35. The number of hydrogen-bond acceptors (Lipinski definition) is 3. The minimum absolute atomic E-state index is 0.390. The number of carbonyl (C=O) groups is 1. The highest BCUT2D eigenvalue weighted by Gasteiger charge is 2.14. The molecule has 0 bridgehead atoms. The number of hydroxylamine groups is 1. The standard InChI is InChI=1S/C10H11Cl2NO3/c1-6(10(14)13-15-2)16-9-4-7(11)3-8(12)5-9/h3-6H,1-2H3,(H,13,14)/t6-/m1/s1. The van der Waals surface area contributed by atoms with Crippen LogP contribution in [0.25, 0.3) is 0 Å². The van der Waals surface area contributed by atoms with Gasteiger partial charge in [0.15, 0.2) is 6.10 Å². The first-order valence-electron chi connectivity index (χ1n) is 4.48. The van der Waals surface area contributed by atoms with Crippen LogP contribution in [-0.2, 0) is 9.63 Å². The molecule has 1 rings (SSSR count). The number of ether oxygens (including phenoxy) is 1. The lowest BCUT2D eigenvalue weighted by atomic mass is 10.3. The van der Waals surface area contributed by atoms with Gasteiger partial charge in [0.05, 0.1) is 7.11 Å². The molecule has 0 aromatic heterocycles. The van der Waals surface area contributed by atoms with Gasteiger partial charge in [-0.3, -0.25) is 9.63 Å². The Morgan fingerprint density at radius 2 is 1.88 bits per heavy atom. The summed E-state index contributed by atoms with van der Waals surface area (Å²) < 4.78 is 5.33. The van der Waals surface area contributed by atoms with Crippen molar-refractivity contribution in [3.05, 3.63) is 28.2 Å². The normalized spacial score (nSPS) is 12.0. The fraction of sp³-hybridized carbons (Fsp3) is 0.300. The molecule has 0 saturated heterocycles. The summed E-state index contributed by atoms with van der Waals surface area (Å²) in [4.78, 5) is 15.8. The molecule has 0 aliphatic carbocycles. The second-order valence-electron chi connectivity index (χ2n) is 3.04. The molecule has 1 amide bonds. The molecule has 4 nitrogen and oxygen atoms in total.